The molecule has 5 heteroatoms. The summed E-state index contributed by atoms with van der Waals surface area (Å²) in [7, 11) is 0. The topological polar surface area (TPSA) is 90.9 Å². The first kappa shape index (κ1) is 9.28. The molecule has 1 aliphatic rings. The van der Waals surface area contributed by atoms with E-state index in [0.29, 0.717) is 19.0 Å². The summed E-state index contributed by atoms with van der Waals surface area (Å²) in [5.74, 6) is 0.238. The summed E-state index contributed by atoms with van der Waals surface area (Å²) in [6.45, 7) is 0.702. The van der Waals surface area contributed by atoms with Gasteiger partial charge in [0.2, 0.25) is 0 Å². The van der Waals surface area contributed by atoms with Crippen LogP contribution in [-0.4, -0.2) is 34.8 Å². The van der Waals surface area contributed by atoms with Gasteiger partial charge in [-0.3, -0.25) is 0 Å². The molecule has 0 unspecified atom stereocenters. The van der Waals surface area contributed by atoms with Crippen molar-refractivity contribution in [2.24, 2.45) is 10.9 Å². The average Bonchev–Trinajstić information content (AvgIpc) is 2.01. The molecule has 0 aromatic heterocycles. The van der Waals surface area contributed by atoms with Crippen molar-refractivity contribution in [3.05, 3.63) is 0 Å². The van der Waals surface area contributed by atoms with Crippen LogP contribution < -0.4 is 11.1 Å². The Morgan fingerprint density at radius 1 is 1.58 bits per heavy atom. The first-order valence-electron chi connectivity index (χ1n) is 4.10. The van der Waals surface area contributed by atoms with Gasteiger partial charge in [0.15, 0.2) is 0 Å². The molecule has 0 bridgehead atoms. The normalized spacial score (nSPS) is 29.9. The fourth-order valence-corrected chi connectivity index (χ4v) is 1.21. The largest absolute Gasteiger partial charge is 0.409 e. The standard InChI is InChI=1S/C7H15N3O2/c8-7(10-12)1-2-9-5-3-6(11)4-5/h5-6,9,11-12H,1-4H2,(H2,8,10). The predicted molar refractivity (Wildman–Crippen MR) is 45.1 cm³/mol. The number of oxime groups is 1. The highest BCUT2D eigenvalue weighted by Crippen LogP contribution is 2.18. The monoisotopic (exact) mass is 173 g/mol. The van der Waals surface area contributed by atoms with Gasteiger partial charge in [-0.25, -0.2) is 0 Å². The molecule has 0 heterocycles. The van der Waals surface area contributed by atoms with Gasteiger partial charge in [-0.1, -0.05) is 5.16 Å². The molecule has 1 aliphatic carbocycles. The molecule has 0 aliphatic heterocycles. The number of nitrogens with two attached hydrogens (primary N) is 1. The van der Waals surface area contributed by atoms with Crippen LogP contribution in [0.1, 0.15) is 19.3 Å². The molecule has 70 valence electrons. The third-order valence-electron chi connectivity index (χ3n) is 2.06. The van der Waals surface area contributed by atoms with E-state index in [1.54, 1.807) is 0 Å². The third-order valence-corrected chi connectivity index (χ3v) is 2.06. The zero-order valence-electron chi connectivity index (χ0n) is 6.90. The van der Waals surface area contributed by atoms with E-state index in [1.165, 1.54) is 0 Å². The van der Waals surface area contributed by atoms with E-state index >= 15 is 0 Å². The minimum absolute atomic E-state index is 0.133. The molecule has 0 atom stereocenters. The fourth-order valence-electron chi connectivity index (χ4n) is 1.21. The lowest BCUT2D eigenvalue weighted by Crippen LogP contribution is -2.44. The van der Waals surface area contributed by atoms with Crippen LogP contribution in [0.2, 0.25) is 0 Å². The van der Waals surface area contributed by atoms with E-state index < -0.39 is 0 Å². The van der Waals surface area contributed by atoms with Crippen LogP contribution in [0.5, 0.6) is 0 Å². The zero-order valence-corrected chi connectivity index (χ0v) is 6.90. The van der Waals surface area contributed by atoms with Crippen LogP contribution in [0.15, 0.2) is 5.16 Å². The maximum atomic E-state index is 8.94. The molecule has 5 nitrogen and oxygen atoms in total. The molecule has 0 spiro atoms. The summed E-state index contributed by atoms with van der Waals surface area (Å²) in [6.07, 6.45) is 2.04. The van der Waals surface area contributed by atoms with Crippen LogP contribution in [0.3, 0.4) is 0 Å². The van der Waals surface area contributed by atoms with E-state index in [1.807, 2.05) is 0 Å². The van der Waals surface area contributed by atoms with Gasteiger partial charge in [-0.2, -0.15) is 0 Å². The number of nitrogens with zero attached hydrogens (tertiary/aromatic N) is 1. The van der Waals surface area contributed by atoms with Gasteiger partial charge in [-0.05, 0) is 12.8 Å². The second kappa shape index (κ2) is 4.27. The lowest BCUT2D eigenvalue weighted by atomic mass is 9.89. The molecule has 1 rings (SSSR count). The fraction of sp³-hybridized carbons (Fsp3) is 0.857. The van der Waals surface area contributed by atoms with E-state index in [2.05, 4.69) is 10.5 Å². The molecular formula is C7H15N3O2. The Morgan fingerprint density at radius 2 is 2.25 bits per heavy atom. The van der Waals surface area contributed by atoms with Crippen molar-refractivity contribution in [1.82, 2.24) is 5.32 Å². The minimum atomic E-state index is -0.133. The highest BCUT2D eigenvalue weighted by molar-refractivity contribution is 5.79. The number of aliphatic hydroxyl groups is 1. The molecular weight excluding hydrogens is 158 g/mol. The molecule has 5 N–H and O–H groups in total. The Morgan fingerprint density at radius 3 is 2.75 bits per heavy atom. The molecule has 1 fully saturated rings. The summed E-state index contributed by atoms with van der Waals surface area (Å²) in [5.41, 5.74) is 5.26. The molecule has 0 radical (unpaired) electrons. The first-order valence-corrected chi connectivity index (χ1v) is 4.10. The van der Waals surface area contributed by atoms with Crippen LogP contribution in [-0.2, 0) is 0 Å². The van der Waals surface area contributed by atoms with E-state index in [9.17, 15) is 0 Å². The molecule has 0 saturated heterocycles. The summed E-state index contributed by atoms with van der Waals surface area (Å²) in [4.78, 5) is 0. The minimum Gasteiger partial charge on any atom is -0.409 e. The zero-order chi connectivity index (χ0) is 8.97. The van der Waals surface area contributed by atoms with Crippen molar-refractivity contribution in [2.75, 3.05) is 6.54 Å². The second-order valence-corrected chi connectivity index (χ2v) is 3.12. The van der Waals surface area contributed by atoms with E-state index in [4.69, 9.17) is 16.0 Å². The van der Waals surface area contributed by atoms with Gasteiger partial charge in [0.05, 0.1) is 6.10 Å². The van der Waals surface area contributed by atoms with Gasteiger partial charge in [0.1, 0.15) is 5.84 Å². The molecule has 0 amide bonds. The highest BCUT2D eigenvalue weighted by Gasteiger charge is 2.25. The van der Waals surface area contributed by atoms with Gasteiger partial charge in [0.25, 0.3) is 0 Å². The number of aliphatic hydroxyl groups excluding tert-OH is 1. The first-order chi connectivity index (χ1) is 5.72. The summed E-state index contributed by atoms with van der Waals surface area (Å²) >= 11 is 0. The second-order valence-electron chi connectivity index (χ2n) is 3.12. The number of nitrogens with one attached hydrogen (secondary N) is 1. The van der Waals surface area contributed by atoms with Crippen LogP contribution >= 0.6 is 0 Å². The average molecular weight is 173 g/mol. The van der Waals surface area contributed by atoms with Crippen molar-refractivity contribution >= 4 is 5.84 Å². The number of hydrogen-bond acceptors (Lipinski definition) is 4. The number of rotatable bonds is 4. The quantitative estimate of drug-likeness (QED) is 0.194. The lowest BCUT2D eigenvalue weighted by molar-refractivity contribution is 0.0631. The summed E-state index contributed by atoms with van der Waals surface area (Å²) in [6, 6.07) is 0.409. The lowest BCUT2D eigenvalue weighted by Gasteiger charge is -2.32. The molecule has 12 heavy (non-hydrogen) atoms. The highest BCUT2D eigenvalue weighted by atomic mass is 16.4. The smallest absolute Gasteiger partial charge is 0.140 e. The molecule has 1 saturated carbocycles. The van der Waals surface area contributed by atoms with E-state index in [-0.39, 0.29) is 11.9 Å². The number of hydrogen-bond donors (Lipinski definition) is 4. The van der Waals surface area contributed by atoms with Gasteiger partial charge in [0, 0.05) is 19.0 Å². The van der Waals surface area contributed by atoms with Crippen LogP contribution in [0, 0.1) is 0 Å². The molecule has 0 aromatic rings. The van der Waals surface area contributed by atoms with Crippen molar-refractivity contribution < 1.29 is 10.3 Å². The Bertz CT molecular complexity index is 166. The number of amidine groups is 1. The van der Waals surface area contributed by atoms with Crippen LogP contribution in [0.25, 0.3) is 0 Å². The van der Waals surface area contributed by atoms with Crippen LogP contribution in [0.4, 0.5) is 0 Å². The Labute approximate surface area is 71.3 Å². The predicted octanol–water partition coefficient (Wildman–Crippen LogP) is -0.764. The third kappa shape index (κ3) is 2.67. The Hall–Kier alpha value is -0.810. The maximum Gasteiger partial charge on any atom is 0.140 e. The van der Waals surface area contributed by atoms with E-state index in [0.717, 1.165) is 12.8 Å². The molecule has 0 aromatic carbocycles. The SMILES string of the molecule is NC(CCNC1CC(O)C1)=NO. The van der Waals surface area contributed by atoms with Crippen molar-refractivity contribution in [3.8, 4) is 0 Å². The maximum absolute atomic E-state index is 8.94. The van der Waals surface area contributed by atoms with Gasteiger partial charge < -0.3 is 21.4 Å². The van der Waals surface area contributed by atoms with Gasteiger partial charge >= 0.3 is 0 Å². The summed E-state index contributed by atoms with van der Waals surface area (Å²) < 4.78 is 0. The van der Waals surface area contributed by atoms with Gasteiger partial charge in [-0.15, -0.1) is 0 Å². The van der Waals surface area contributed by atoms with Crippen molar-refractivity contribution in [3.63, 3.8) is 0 Å². The Balaban J connectivity index is 1.96. The van der Waals surface area contributed by atoms with Crippen molar-refractivity contribution in [2.45, 2.75) is 31.4 Å². The Kier molecular flexibility index (Phi) is 3.31. The summed E-state index contributed by atoms with van der Waals surface area (Å²) in [5, 5.41) is 23.2. The van der Waals surface area contributed by atoms with Crippen molar-refractivity contribution in [1.29, 1.82) is 0 Å².